The van der Waals surface area contributed by atoms with Gasteiger partial charge in [0.1, 0.15) is 12.4 Å². The van der Waals surface area contributed by atoms with Crippen LogP contribution in [0.15, 0.2) is 24.3 Å². The number of ketones is 1. The average Bonchev–Trinajstić information content (AvgIpc) is 2.40. The highest BCUT2D eigenvalue weighted by atomic mass is 16.5. The Balaban J connectivity index is 1.74. The van der Waals surface area contributed by atoms with Gasteiger partial charge >= 0.3 is 0 Å². The minimum absolute atomic E-state index is 0.0786. The summed E-state index contributed by atoms with van der Waals surface area (Å²) in [6.07, 6.45) is 0. The van der Waals surface area contributed by atoms with E-state index in [1.54, 1.807) is 19.1 Å². The summed E-state index contributed by atoms with van der Waals surface area (Å²) in [5, 5.41) is 0. The number of benzene rings is 1. The van der Waals surface area contributed by atoms with E-state index < -0.39 is 0 Å². The second-order valence-electron chi connectivity index (χ2n) is 4.38. The molecule has 0 bridgehead atoms. The lowest BCUT2D eigenvalue weighted by molar-refractivity contribution is 0.0322. The summed E-state index contributed by atoms with van der Waals surface area (Å²) >= 11 is 0. The number of nitrogens with zero attached hydrogens (tertiary/aromatic N) is 1. The molecule has 0 N–H and O–H groups in total. The average molecular weight is 249 g/mol. The predicted molar refractivity (Wildman–Crippen MR) is 69.2 cm³/mol. The Morgan fingerprint density at radius 1 is 1.28 bits per heavy atom. The molecule has 1 saturated heterocycles. The summed E-state index contributed by atoms with van der Waals surface area (Å²) in [5.41, 5.74) is 0.718. The topological polar surface area (TPSA) is 38.8 Å². The van der Waals surface area contributed by atoms with E-state index >= 15 is 0 Å². The molecule has 4 heteroatoms. The van der Waals surface area contributed by atoms with Gasteiger partial charge in [-0.25, -0.2) is 0 Å². The van der Waals surface area contributed by atoms with E-state index in [1.807, 2.05) is 12.1 Å². The van der Waals surface area contributed by atoms with Crippen molar-refractivity contribution in [2.45, 2.75) is 6.92 Å². The first kappa shape index (κ1) is 13.1. The molecule has 0 saturated carbocycles. The normalized spacial score (nSPS) is 16.5. The maximum atomic E-state index is 11.1. The maximum Gasteiger partial charge on any atom is 0.159 e. The van der Waals surface area contributed by atoms with E-state index in [2.05, 4.69) is 4.90 Å². The molecule has 0 aromatic heterocycles. The van der Waals surface area contributed by atoms with E-state index in [0.29, 0.717) is 6.61 Å². The maximum absolute atomic E-state index is 11.1. The first-order valence-corrected chi connectivity index (χ1v) is 6.29. The van der Waals surface area contributed by atoms with Gasteiger partial charge in [0.2, 0.25) is 0 Å². The van der Waals surface area contributed by atoms with Crippen molar-refractivity contribution in [2.75, 3.05) is 39.5 Å². The monoisotopic (exact) mass is 249 g/mol. The van der Waals surface area contributed by atoms with Crippen molar-refractivity contribution < 1.29 is 14.3 Å². The van der Waals surface area contributed by atoms with Crippen LogP contribution < -0.4 is 4.74 Å². The lowest BCUT2D eigenvalue weighted by Crippen LogP contribution is -2.38. The molecule has 1 aliphatic rings. The molecule has 1 heterocycles. The van der Waals surface area contributed by atoms with Crippen LogP contribution in [0.5, 0.6) is 5.75 Å². The summed E-state index contributed by atoms with van der Waals surface area (Å²) in [7, 11) is 0. The smallest absolute Gasteiger partial charge is 0.159 e. The molecular formula is C14H19NO3. The van der Waals surface area contributed by atoms with E-state index in [0.717, 1.165) is 44.2 Å². The van der Waals surface area contributed by atoms with Crippen molar-refractivity contribution >= 4 is 5.78 Å². The highest BCUT2D eigenvalue weighted by molar-refractivity contribution is 5.94. The minimum Gasteiger partial charge on any atom is -0.492 e. The van der Waals surface area contributed by atoms with Gasteiger partial charge in [-0.05, 0) is 31.2 Å². The lowest BCUT2D eigenvalue weighted by Gasteiger charge is -2.26. The first-order chi connectivity index (χ1) is 8.75. The number of ether oxygens (including phenoxy) is 2. The molecule has 0 aliphatic carbocycles. The molecule has 98 valence electrons. The molecule has 0 spiro atoms. The van der Waals surface area contributed by atoms with Gasteiger partial charge in [0, 0.05) is 25.2 Å². The fraction of sp³-hybridized carbons (Fsp3) is 0.500. The van der Waals surface area contributed by atoms with Gasteiger partial charge in [-0.15, -0.1) is 0 Å². The van der Waals surface area contributed by atoms with Gasteiger partial charge in [0.05, 0.1) is 13.2 Å². The zero-order valence-corrected chi connectivity index (χ0v) is 10.7. The number of hydrogen-bond donors (Lipinski definition) is 0. The first-order valence-electron chi connectivity index (χ1n) is 6.29. The van der Waals surface area contributed by atoms with Crippen LogP contribution in [0.25, 0.3) is 0 Å². The molecular weight excluding hydrogens is 230 g/mol. The van der Waals surface area contributed by atoms with Crippen LogP contribution in [0, 0.1) is 0 Å². The zero-order valence-electron chi connectivity index (χ0n) is 10.7. The highest BCUT2D eigenvalue weighted by Gasteiger charge is 2.09. The predicted octanol–water partition coefficient (Wildman–Crippen LogP) is 1.60. The van der Waals surface area contributed by atoms with Gasteiger partial charge in [-0.1, -0.05) is 0 Å². The van der Waals surface area contributed by atoms with Crippen LogP contribution in [0.1, 0.15) is 17.3 Å². The number of Topliss-reactive ketones (excluding diaryl/α,β-unsaturated/α-hetero) is 1. The Labute approximate surface area is 107 Å². The number of hydrogen-bond acceptors (Lipinski definition) is 4. The third-order valence-electron chi connectivity index (χ3n) is 3.04. The van der Waals surface area contributed by atoms with Crippen molar-refractivity contribution in [1.29, 1.82) is 0 Å². The van der Waals surface area contributed by atoms with Crippen molar-refractivity contribution in [3.05, 3.63) is 29.8 Å². The van der Waals surface area contributed by atoms with Crippen LogP contribution in [-0.2, 0) is 4.74 Å². The third kappa shape index (κ3) is 3.82. The van der Waals surface area contributed by atoms with Crippen LogP contribution in [0.4, 0.5) is 0 Å². The molecule has 4 nitrogen and oxygen atoms in total. The van der Waals surface area contributed by atoms with Crippen molar-refractivity contribution in [1.82, 2.24) is 4.90 Å². The SMILES string of the molecule is CC(=O)c1ccc(OCCN2CCOCC2)cc1. The van der Waals surface area contributed by atoms with E-state index in [4.69, 9.17) is 9.47 Å². The van der Waals surface area contributed by atoms with Crippen LogP contribution in [0.2, 0.25) is 0 Å². The van der Waals surface area contributed by atoms with E-state index in [-0.39, 0.29) is 5.78 Å². The second kappa shape index (κ2) is 6.52. The quantitative estimate of drug-likeness (QED) is 0.743. The number of carbonyl (C=O) groups is 1. The van der Waals surface area contributed by atoms with E-state index in [1.165, 1.54) is 0 Å². The molecule has 1 aromatic rings. The zero-order chi connectivity index (χ0) is 12.8. The lowest BCUT2D eigenvalue weighted by atomic mass is 10.1. The molecule has 0 radical (unpaired) electrons. The molecule has 1 fully saturated rings. The summed E-state index contributed by atoms with van der Waals surface area (Å²) < 4.78 is 10.9. The van der Waals surface area contributed by atoms with Gasteiger partial charge in [-0.3, -0.25) is 9.69 Å². The van der Waals surface area contributed by atoms with Crippen molar-refractivity contribution in [3.8, 4) is 5.75 Å². The fourth-order valence-electron chi connectivity index (χ4n) is 1.90. The van der Waals surface area contributed by atoms with Crippen molar-refractivity contribution in [2.24, 2.45) is 0 Å². The van der Waals surface area contributed by atoms with Crippen LogP contribution in [0.3, 0.4) is 0 Å². The van der Waals surface area contributed by atoms with Gasteiger partial charge < -0.3 is 9.47 Å². The molecule has 1 aliphatic heterocycles. The molecule has 0 atom stereocenters. The minimum atomic E-state index is 0.0786. The van der Waals surface area contributed by atoms with Gasteiger partial charge in [0.25, 0.3) is 0 Å². The Morgan fingerprint density at radius 3 is 2.56 bits per heavy atom. The molecule has 0 unspecified atom stereocenters. The van der Waals surface area contributed by atoms with Crippen LogP contribution in [-0.4, -0.2) is 50.1 Å². The van der Waals surface area contributed by atoms with E-state index in [9.17, 15) is 4.79 Å². The largest absolute Gasteiger partial charge is 0.492 e. The molecule has 0 amide bonds. The Bertz CT molecular complexity index is 383. The Kier molecular flexibility index (Phi) is 4.73. The van der Waals surface area contributed by atoms with Crippen molar-refractivity contribution in [3.63, 3.8) is 0 Å². The fourth-order valence-corrected chi connectivity index (χ4v) is 1.90. The molecule has 18 heavy (non-hydrogen) atoms. The summed E-state index contributed by atoms with van der Waals surface area (Å²) in [5.74, 6) is 0.892. The third-order valence-corrected chi connectivity index (χ3v) is 3.04. The number of carbonyl (C=O) groups excluding carboxylic acids is 1. The molecule has 2 rings (SSSR count). The number of rotatable bonds is 5. The summed E-state index contributed by atoms with van der Waals surface area (Å²) in [6.45, 7) is 6.73. The van der Waals surface area contributed by atoms with Gasteiger partial charge in [0.15, 0.2) is 5.78 Å². The van der Waals surface area contributed by atoms with Gasteiger partial charge in [-0.2, -0.15) is 0 Å². The summed E-state index contributed by atoms with van der Waals surface area (Å²) in [4.78, 5) is 13.4. The summed E-state index contributed by atoms with van der Waals surface area (Å²) in [6, 6.07) is 7.28. The number of morpholine rings is 1. The van der Waals surface area contributed by atoms with Crippen LogP contribution >= 0.6 is 0 Å². The highest BCUT2D eigenvalue weighted by Crippen LogP contribution is 2.12. The standard InChI is InChI=1S/C14H19NO3/c1-12(16)13-2-4-14(5-3-13)18-11-8-15-6-9-17-10-7-15/h2-5H,6-11H2,1H3. The molecule has 1 aromatic carbocycles. The second-order valence-corrected chi connectivity index (χ2v) is 4.38. The Hall–Kier alpha value is -1.39. The Morgan fingerprint density at radius 2 is 1.94 bits per heavy atom.